The van der Waals surface area contributed by atoms with Gasteiger partial charge in [0.05, 0.1) is 18.3 Å². The fourth-order valence-electron chi connectivity index (χ4n) is 3.01. The number of nitrogens with zero attached hydrogens (tertiary/aromatic N) is 7. The molecule has 2 aromatic carbocycles. The zero-order valence-electron chi connectivity index (χ0n) is 17.2. The van der Waals surface area contributed by atoms with E-state index in [4.69, 9.17) is 6.57 Å². The summed E-state index contributed by atoms with van der Waals surface area (Å²) in [4.78, 5) is 24.3. The highest BCUT2D eigenvalue weighted by Crippen LogP contribution is 2.40. The lowest BCUT2D eigenvalue weighted by atomic mass is 10.0. The van der Waals surface area contributed by atoms with Crippen LogP contribution in [-0.4, -0.2) is 30.8 Å². The Kier molecular flexibility index (Phi) is 5.69. The van der Waals surface area contributed by atoms with Crippen molar-refractivity contribution < 1.29 is 9.90 Å². The summed E-state index contributed by atoms with van der Waals surface area (Å²) < 4.78 is 1.26. The van der Waals surface area contributed by atoms with E-state index in [1.807, 2.05) is 0 Å². The Bertz CT molecular complexity index is 1470. The maximum atomic E-state index is 12.7. The summed E-state index contributed by atoms with van der Waals surface area (Å²) in [6.07, 6.45) is 5.76. The molecule has 2 aromatic heterocycles. The van der Waals surface area contributed by atoms with E-state index in [0.29, 0.717) is 10.8 Å². The second kappa shape index (κ2) is 8.91. The number of rotatable bonds is 6. The minimum Gasteiger partial charge on any atom is -0.505 e. The van der Waals surface area contributed by atoms with Crippen molar-refractivity contribution in [2.24, 2.45) is 10.2 Å². The molecule has 4 aromatic rings. The number of amides is 1. The molecule has 0 radical (unpaired) electrons. The highest BCUT2D eigenvalue weighted by molar-refractivity contribution is 6.07. The lowest BCUT2D eigenvalue weighted by molar-refractivity contribution is 0.0965. The van der Waals surface area contributed by atoms with E-state index in [0.717, 1.165) is 0 Å². The highest BCUT2D eigenvalue weighted by atomic mass is 16.3. The molecule has 1 amide bonds. The number of carbonyl (C=O) groups excluding carboxylic acids is 1. The quantitative estimate of drug-likeness (QED) is 0.252. The molecule has 0 atom stereocenters. The number of carbonyl (C=O) groups is 1. The predicted octanol–water partition coefficient (Wildman–Crippen LogP) is 4.92. The third-order valence-electron chi connectivity index (χ3n) is 4.59. The molecule has 4 rings (SSSR count). The molecule has 0 fully saturated rings. The molecule has 2 heterocycles. The number of aromatic nitrogens is 4. The number of phenolic OH excluding ortho intramolecular Hbond substituents is 1. The van der Waals surface area contributed by atoms with Gasteiger partial charge in [0.2, 0.25) is 0 Å². The normalized spacial score (nSPS) is 10.8. The van der Waals surface area contributed by atoms with Gasteiger partial charge in [0.1, 0.15) is 5.69 Å². The van der Waals surface area contributed by atoms with E-state index < -0.39 is 5.91 Å². The monoisotopic (exact) mass is 436 g/mol. The molecule has 0 saturated heterocycles. The van der Waals surface area contributed by atoms with Crippen LogP contribution in [-0.2, 0) is 0 Å². The van der Waals surface area contributed by atoms with Crippen molar-refractivity contribution in [1.29, 1.82) is 0 Å². The molecule has 0 aliphatic carbocycles. The van der Waals surface area contributed by atoms with Crippen LogP contribution < -0.4 is 5.32 Å². The Morgan fingerprint density at radius 1 is 1.21 bits per heavy atom. The van der Waals surface area contributed by atoms with Crippen LogP contribution in [0.5, 0.6) is 5.75 Å². The largest absolute Gasteiger partial charge is 0.505 e. The molecule has 33 heavy (non-hydrogen) atoms. The summed E-state index contributed by atoms with van der Waals surface area (Å²) in [5.74, 6) is -0.677. The van der Waals surface area contributed by atoms with Crippen molar-refractivity contribution in [2.75, 3.05) is 0 Å². The average molecular weight is 436 g/mol. The van der Waals surface area contributed by atoms with Gasteiger partial charge in [0, 0.05) is 23.5 Å². The molecule has 160 valence electrons. The van der Waals surface area contributed by atoms with Gasteiger partial charge in [-0.15, -0.1) is 10.2 Å². The topological polar surface area (TPSA) is 122 Å². The standard InChI is InChI=1S/C23H16N8O2/c1-4-14(2)28-22(33)17-12-15-8-5-6-9-16(15)19(20(17)32)29-30-21-18(24-3)13-27-31(21)23-25-10-7-11-26-23/h4-13,32H,1-2H2,(H,28,33). The van der Waals surface area contributed by atoms with Crippen molar-refractivity contribution in [3.63, 3.8) is 0 Å². The summed E-state index contributed by atoms with van der Waals surface area (Å²) in [6, 6.07) is 10.3. The van der Waals surface area contributed by atoms with E-state index in [9.17, 15) is 9.90 Å². The number of hydrogen-bond donors (Lipinski definition) is 2. The van der Waals surface area contributed by atoms with Crippen LogP contribution in [0, 0.1) is 6.57 Å². The van der Waals surface area contributed by atoms with Gasteiger partial charge < -0.3 is 10.4 Å². The first-order chi connectivity index (χ1) is 16.0. The molecule has 0 bridgehead atoms. The molecular weight excluding hydrogens is 420 g/mol. The maximum Gasteiger partial charge on any atom is 0.259 e. The predicted molar refractivity (Wildman–Crippen MR) is 122 cm³/mol. The number of nitrogens with one attached hydrogen (secondary N) is 1. The number of hydrogen-bond acceptors (Lipinski definition) is 7. The average Bonchev–Trinajstić information content (AvgIpc) is 3.26. The molecular formula is C23H16N8O2. The fraction of sp³-hybridized carbons (Fsp3) is 0. The summed E-state index contributed by atoms with van der Waals surface area (Å²) in [7, 11) is 0. The lowest BCUT2D eigenvalue weighted by Gasteiger charge is -2.11. The minimum absolute atomic E-state index is 0.0176. The van der Waals surface area contributed by atoms with Crippen molar-refractivity contribution >= 4 is 33.9 Å². The van der Waals surface area contributed by atoms with Crippen LogP contribution >= 0.6 is 0 Å². The zero-order valence-corrected chi connectivity index (χ0v) is 17.2. The molecule has 0 unspecified atom stereocenters. The number of allylic oxidation sites excluding steroid dienone is 1. The number of aromatic hydroxyl groups is 1. The second-order valence-corrected chi connectivity index (χ2v) is 6.65. The number of fused-ring (bicyclic) bond motifs is 1. The Morgan fingerprint density at radius 3 is 2.70 bits per heavy atom. The maximum absolute atomic E-state index is 12.7. The van der Waals surface area contributed by atoms with Crippen molar-refractivity contribution in [3.05, 3.63) is 96.9 Å². The molecule has 0 aliphatic heterocycles. The van der Waals surface area contributed by atoms with Crippen molar-refractivity contribution in [3.8, 4) is 11.7 Å². The van der Waals surface area contributed by atoms with Crippen LogP contribution in [0.25, 0.3) is 21.6 Å². The van der Waals surface area contributed by atoms with Crippen LogP contribution in [0.4, 0.5) is 17.2 Å². The van der Waals surface area contributed by atoms with E-state index >= 15 is 0 Å². The minimum atomic E-state index is -0.579. The first-order valence-electron chi connectivity index (χ1n) is 9.55. The Labute approximate surface area is 188 Å². The van der Waals surface area contributed by atoms with Crippen LogP contribution in [0.3, 0.4) is 0 Å². The summed E-state index contributed by atoms with van der Waals surface area (Å²) in [5, 5.41) is 27.2. The van der Waals surface area contributed by atoms with E-state index in [-0.39, 0.29) is 40.2 Å². The third-order valence-corrected chi connectivity index (χ3v) is 4.59. The van der Waals surface area contributed by atoms with Gasteiger partial charge in [-0.2, -0.15) is 9.78 Å². The third kappa shape index (κ3) is 4.06. The van der Waals surface area contributed by atoms with Crippen LogP contribution in [0.2, 0.25) is 0 Å². The first kappa shape index (κ1) is 21.1. The van der Waals surface area contributed by atoms with Gasteiger partial charge in [-0.05, 0) is 23.6 Å². The van der Waals surface area contributed by atoms with E-state index in [1.54, 1.807) is 36.4 Å². The molecule has 10 nitrogen and oxygen atoms in total. The molecule has 0 aliphatic rings. The van der Waals surface area contributed by atoms with Crippen molar-refractivity contribution in [1.82, 2.24) is 25.1 Å². The molecule has 0 saturated carbocycles. The van der Waals surface area contributed by atoms with Crippen LogP contribution in [0.1, 0.15) is 10.4 Å². The Balaban J connectivity index is 1.86. The molecule has 10 heteroatoms. The van der Waals surface area contributed by atoms with Gasteiger partial charge in [-0.3, -0.25) is 4.79 Å². The molecule has 2 N–H and O–H groups in total. The van der Waals surface area contributed by atoms with Gasteiger partial charge in [0.25, 0.3) is 17.5 Å². The van der Waals surface area contributed by atoms with Gasteiger partial charge in [-0.1, -0.05) is 37.4 Å². The summed E-state index contributed by atoms with van der Waals surface area (Å²) >= 11 is 0. The van der Waals surface area contributed by atoms with E-state index in [1.165, 1.54) is 29.3 Å². The highest BCUT2D eigenvalue weighted by Gasteiger charge is 2.19. The Morgan fingerprint density at radius 2 is 1.97 bits per heavy atom. The zero-order chi connectivity index (χ0) is 23.4. The summed E-state index contributed by atoms with van der Waals surface area (Å²) in [6.45, 7) is 14.6. The van der Waals surface area contributed by atoms with Gasteiger partial charge in [0.15, 0.2) is 11.6 Å². The number of benzene rings is 2. The number of phenols is 1. The van der Waals surface area contributed by atoms with Crippen LogP contribution in [0.15, 0.2) is 90.1 Å². The Hall–Kier alpha value is -5.17. The number of azo groups is 1. The van der Waals surface area contributed by atoms with Crippen molar-refractivity contribution in [2.45, 2.75) is 0 Å². The summed E-state index contributed by atoms with van der Waals surface area (Å²) in [5.41, 5.74) is 0.437. The first-order valence-corrected chi connectivity index (χ1v) is 9.55. The van der Waals surface area contributed by atoms with Gasteiger partial charge in [-0.25, -0.2) is 14.8 Å². The SMILES string of the molecule is [C-]#[N+]c1cnn(-c2ncccn2)c1N=Nc1c(O)c(C(=O)NC(=C)C=C)cc2ccccc12. The smallest absolute Gasteiger partial charge is 0.259 e. The second-order valence-electron chi connectivity index (χ2n) is 6.65. The van der Waals surface area contributed by atoms with Gasteiger partial charge >= 0.3 is 0 Å². The lowest BCUT2D eigenvalue weighted by Crippen LogP contribution is -2.21. The molecule has 0 spiro atoms. The van der Waals surface area contributed by atoms with E-state index in [2.05, 4.69) is 48.6 Å². The fourth-order valence-corrected chi connectivity index (χ4v) is 3.01.